The van der Waals surface area contributed by atoms with Crippen molar-refractivity contribution in [1.29, 1.82) is 0 Å². The molecule has 0 aliphatic carbocycles. The predicted octanol–water partition coefficient (Wildman–Crippen LogP) is 1.82. The molecule has 0 saturated carbocycles. The molecule has 0 fully saturated rings. The smallest absolute Gasteiger partial charge is 0.238 e. The lowest BCUT2D eigenvalue weighted by molar-refractivity contribution is -0.117. The summed E-state index contributed by atoms with van der Waals surface area (Å²) >= 11 is 0. The molecule has 24 heavy (non-hydrogen) atoms. The maximum Gasteiger partial charge on any atom is 0.238 e. The molecule has 2 rings (SSSR count). The Morgan fingerprint density at radius 1 is 1.33 bits per heavy atom. The van der Waals surface area contributed by atoms with Crippen LogP contribution in [-0.2, 0) is 18.4 Å². The van der Waals surface area contributed by atoms with Gasteiger partial charge >= 0.3 is 0 Å². The first-order chi connectivity index (χ1) is 11.4. The number of aryl methyl sites for hydroxylation is 1. The number of hydrogen-bond donors (Lipinski definition) is 1. The number of aromatic nitrogens is 2. The van der Waals surface area contributed by atoms with Crippen molar-refractivity contribution in [3.8, 4) is 11.5 Å². The standard InChI is InChI=1S/C17H24N4O3/c1-12-13(9-18-21(12)3)10-20(2)11-17(22)19-15-8-14(23-4)6-7-16(15)24-5/h6-9H,10-11H2,1-5H3,(H,19,22). The fourth-order valence-electron chi connectivity index (χ4n) is 2.39. The topological polar surface area (TPSA) is 68.6 Å². The molecule has 0 spiro atoms. The highest BCUT2D eigenvalue weighted by Crippen LogP contribution is 2.28. The molecule has 2 aromatic rings. The molecular weight excluding hydrogens is 308 g/mol. The predicted molar refractivity (Wildman–Crippen MR) is 92.5 cm³/mol. The molecule has 0 aliphatic rings. The lowest BCUT2D eigenvalue weighted by Crippen LogP contribution is -2.30. The zero-order valence-electron chi connectivity index (χ0n) is 14.8. The molecule has 0 aliphatic heterocycles. The Balaban J connectivity index is 1.98. The fraction of sp³-hybridized carbons (Fsp3) is 0.412. The van der Waals surface area contributed by atoms with E-state index in [4.69, 9.17) is 9.47 Å². The number of carbonyl (C=O) groups excluding carboxylic acids is 1. The molecule has 1 amide bonds. The Labute approximate surface area is 142 Å². The van der Waals surface area contributed by atoms with Crippen LogP contribution in [0.15, 0.2) is 24.4 Å². The average molecular weight is 332 g/mol. The number of hydrogen-bond acceptors (Lipinski definition) is 5. The van der Waals surface area contributed by atoms with E-state index in [9.17, 15) is 4.79 Å². The van der Waals surface area contributed by atoms with Gasteiger partial charge in [-0.1, -0.05) is 0 Å². The minimum atomic E-state index is -0.120. The Hall–Kier alpha value is -2.54. The molecule has 0 radical (unpaired) electrons. The summed E-state index contributed by atoms with van der Waals surface area (Å²) in [5, 5.41) is 7.08. The molecule has 0 unspecified atom stereocenters. The first-order valence-electron chi connectivity index (χ1n) is 7.62. The van der Waals surface area contributed by atoms with Gasteiger partial charge in [-0.05, 0) is 26.1 Å². The van der Waals surface area contributed by atoms with Gasteiger partial charge in [-0.3, -0.25) is 14.4 Å². The lowest BCUT2D eigenvalue weighted by atomic mass is 10.2. The largest absolute Gasteiger partial charge is 0.497 e. The van der Waals surface area contributed by atoms with E-state index in [-0.39, 0.29) is 12.5 Å². The Morgan fingerprint density at radius 2 is 2.08 bits per heavy atom. The van der Waals surface area contributed by atoms with Gasteiger partial charge in [0.2, 0.25) is 5.91 Å². The molecule has 1 aromatic carbocycles. The van der Waals surface area contributed by atoms with E-state index < -0.39 is 0 Å². The highest BCUT2D eigenvalue weighted by molar-refractivity contribution is 5.93. The van der Waals surface area contributed by atoms with Gasteiger partial charge in [0, 0.05) is 30.9 Å². The number of anilines is 1. The summed E-state index contributed by atoms with van der Waals surface area (Å²) in [5.74, 6) is 1.13. The Morgan fingerprint density at radius 3 is 2.67 bits per heavy atom. The normalized spacial score (nSPS) is 10.8. The van der Waals surface area contributed by atoms with Crippen molar-refractivity contribution >= 4 is 11.6 Å². The summed E-state index contributed by atoms with van der Waals surface area (Å²) in [7, 11) is 6.95. The number of benzene rings is 1. The third-order valence-corrected chi connectivity index (χ3v) is 3.87. The van der Waals surface area contributed by atoms with Gasteiger partial charge in [-0.15, -0.1) is 0 Å². The monoisotopic (exact) mass is 332 g/mol. The van der Waals surface area contributed by atoms with Crippen LogP contribution in [0.4, 0.5) is 5.69 Å². The van der Waals surface area contributed by atoms with Crippen LogP contribution in [-0.4, -0.2) is 48.4 Å². The number of methoxy groups -OCH3 is 2. The number of nitrogens with zero attached hydrogens (tertiary/aromatic N) is 3. The van der Waals surface area contributed by atoms with E-state index in [1.165, 1.54) is 0 Å². The van der Waals surface area contributed by atoms with Gasteiger partial charge in [-0.2, -0.15) is 5.10 Å². The number of rotatable bonds is 7. The summed E-state index contributed by atoms with van der Waals surface area (Å²) in [6.07, 6.45) is 1.83. The van der Waals surface area contributed by atoms with Gasteiger partial charge < -0.3 is 14.8 Å². The second-order valence-electron chi connectivity index (χ2n) is 5.67. The highest BCUT2D eigenvalue weighted by Gasteiger charge is 2.13. The zero-order valence-corrected chi connectivity index (χ0v) is 14.8. The number of amides is 1. The Kier molecular flexibility index (Phi) is 5.81. The van der Waals surface area contributed by atoms with E-state index in [0.717, 1.165) is 11.3 Å². The van der Waals surface area contributed by atoms with Crippen LogP contribution < -0.4 is 14.8 Å². The Bertz CT molecular complexity index is 712. The van der Waals surface area contributed by atoms with Crippen molar-refractivity contribution in [2.75, 3.05) is 33.1 Å². The van der Waals surface area contributed by atoms with Crippen molar-refractivity contribution in [2.45, 2.75) is 13.5 Å². The van der Waals surface area contributed by atoms with Gasteiger partial charge in [-0.25, -0.2) is 0 Å². The van der Waals surface area contributed by atoms with Crippen LogP contribution in [0.5, 0.6) is 11.5 Å². The third-order valence-electron chi connectivity index (χ3n) is 3.87. The second-order valence-corrected chi connectivity index (χ2v) is 5.67. The maximum absolute atomic E-state index is 12.3. The SMILES string of the molecule is COc1ccc(OC)c(NC(=O)CN(C)Cc2cnn(C)c2C)c1. The van der Waals surface area contributed by atoms with Crippen molar-refractivity contribution < 1.29 is 14.3 Å². The summed E-state index contributed by atoms with van der Waals surface area (Å²) < 4.78 is 12.3. The van der Waals surface area contributed by atoms with E-state index in [1.54, 1.807) is 32.4 Å². The molecule has 0 bridgehead atoms. The first-order valence-corrected chi connectivity index (χ1v) is 7.62. The molecule has 0 saturated heterocycles. The van der Waals surface area contributed by atoms with Crippen LogP contribution in [0.1, 0.15) is 11.3 Å². The first kappa shape index (κ1) is 17.8. The summed E-state index contributed by atoms with van der Waals surface area (Å²) in [6, 6.07) is 5.28. The van der Waals surface area contributed by atoms with E-state index >= 15 is 0 Å². The van der Waals surface area contributed by atoms with Crippen molar-refractivity contribution in [1.82, 2.24) is 14.7 Å². The molecule has 1 N–H and O–H groups in total. The number of nitrogens with one attached hydrogen (secondary N) is 1. The fourth-order valence-corrected chi connectivity index (χ4v) is 2.39. The van der Waals surface area contributed by atoms with Crippen molar-refractivity contribution in [3.05, 3.63) is 35.7 Å². The minimum Gasteiger partial charge on any atom is -0.497 e. The van der Waals surface area contributed by atoms with E-state index in [0.29, 0.717) is 23.7 Å². The van der Waals surface area contributed by atoms with Crippen LogP contribution in [0, 0.1) is 6.92 Å². The quantitative estimate of drug-likeness (QED) is 0.837. The summed E-state index contributed by atoms with van der Waals surface area (Å²) in [4.78, 5) is 14.2. The number of likely N-dealkylation sites (N-methyl/N-ethyl adjacent to an activating group) is 1. The minimum absolute atomic E-state index is 0.120. The molecule has 7 nitrogen and oxygen atoms in total. The second kappa shape index (κ2) is 7.83. The van der Waals surface area contributed by atoms with Crippen molar-refractivity contribution in [3.63, 3.8) is 0 Å². The number of carbonyl (C=O) groups is 1. The van der Waals surface area contributed by atoms with Crippen LogP contribution in [0.3, 0.4) is 0 Å². The maximum atomic E-state index is 12.3. The van der Waals surface area contributed by atoms with Gasteiger partial charge in [0.15, 0.2) is 0 Å². The van der Waals surface area contributed by atoms with Crippen LogP contribution in [0.2, 0.25) is 0 Å². The van der Waals surface area contributed by atoms with Crippen LogP contribution in [0.25, 0.3) is 0 Å². The average Bonchev–Trinajstić information content (AvgIpc) is 2.86. The molecule has 1 heterocycles. The van der Waals surface area contributed by atoms with Gasteiger partial charge in [0.25, 0.3) is 0 Å². The van der Waals surface area contributed by atoms with Crippen molar-refractivity contribution in [2.24, 2.45) is 7.05 Å². The molecular formula is C17H24N4O3. The number of ether oxygens (including phenoxy) is 2. The van der Waals surface area contributed by atoms with E-state index in [1.807, 2.05) is 36.8 Å². The van der Waals surface area contributed by atoms with Gasteiger partial charge in [0.1, 0.15) is 11.5 Å². The van der Waals surface area contributed by atoms with Crippen LogP contribution >= 0.6 is 0 Å². The third kappa shape index (κ3) is 4.26. The lowest BCUT2D eigenvalue weighted by Gasteiger charge is -2.17. The molecule has 7 heteroatoms. The molecule has 130 valence electrons. The van der Waals surface area contributed by atoms with Gasteiger partial charge in [0.05, 0.1) is 32.6 Å². The molecule has 1 aromatic heterocycles. The highest BCUT2D eigenvalue weighted by atomic mass is 16.5. The summed E-state index contributed by atoms with van der Waals surface area (Å²) in [5.41, 5.74) is 2.79. The summed E-state index contributed by atoms with van der Waals surface area (Å²) in [6.45, 7) is 2.92. The van der Waals surface area contributed by atoms with E-state index in [2.05, 4.69) is 10.4 Å². The molecule has 0 atom stereocenters. The zero-order chi connectivity index (χ0) is 17.7.